The molecule has 0 atom stereocenters. The van der Waals surface area contributed by atoms with Crippen LogP contribution < -0.4 is 14.8 Å². The summed E-state index contributed by atoms with van der Waals surface area (Å²) >= 11 is 0. The van der Waals surface area contributed by atoms with E-state index in [0.717, 1.165) is 5.56 Å². The first kappa shape index (κ1) is 20.4. The molecule has 0 aliphatic carbocycles. The Morgan fingerprint density at radius 1 is 1.03 bits per heavy atom. The van der Waals surface area contributed by atoms with E-state index in [0.29, 0.717) is 39.6 Å². The highest BCUT2D eigenvalue weighted by molar-refractivity contribution is 6.06. The van der Waals surface area contributed by atoms with E-state index in [1.807, 2.05) is 6.92 Å². The molecule has 3 rings (SSSR count). The molecule has 0 bridgehead atoms. The van der Waals surface area contributed by atoms with E-state index in [-0.39, 0.29) is 11.7 Å². The normalized spacial score (nSPS) is 10.9. The van der Waals surface area contributed by atoms with Crippen molar-refractivity contribution >= 4 is 11.6 Å². The molecule has 0 aliphatic heterocycles. The first-order valence-electron chi connectivity index (χ1n) is 8.91. The Morgan fingerprint density at radius 3 is 2.28 bits per heavy atom. The zero-order chi connectivity index (χ0) is 21.1. The van der Waals surface area contributed by atoms with E-state index >= 15 is 0 Å². The van der Waals surface area contributed by atoms with Crippen molar-refractivity contribution in [1.82, 2.24) is 0 Å². The molecule has 0 fully saturated rings. The minimum atomic E-state index is -2.97. The van der Waals surface area contributed by atoms with Gasteiger partial charge >= 0.3 is 6.61 Å². The zero-order valence-corrected chi connectivity index (χ0v) is 16.5. The Hall–Kier alpha value is -3.35. The van der Waals surface area contributed by atoms with Crippen LogP contribution in [-0.4, -0.2) is 19.6 Å². The number of methoxy groups -OCH3 is 1. The van der Waals surface area contributed by atoms with Crippen LogP contribution in [0.2, 0.25) is 0 Å². The summed E-state index contributed by atoms with van der Waals surface area (Å²) in [6.45, 7) is 2.35. The van der Waals surface area contributed by atoms with E-state index in [9.17, 15) is 13.6 Å². The molecule has 1 heterocycles. The van der Waals surface area contributed by atoms with Crippen LogP contribution >= 0.6 is 0 Å². The number of ether oxygens (including phenoxy) is 2. The first-order valence-corrected chi connectivity index (χ1v) is 8.91. The fraction of sp³-hybridized carbons (Fsp3) is 0.227. The number of amides is 1. The van der Waals surface area contributed by atoms with E-state index in [4.69, 9.17) is 9.15 Å². The minimum Gasteiger partial charge on any atom is -0.497 e. The topological polar surface area (TPSA) is 60.7 Å². The van der Waals surface area contributed by atoms with Crippen LogP contribution in [0.15, 0.2) is 46.9 Å². The third kappa shape index (κ3) is 4.39. The lowest BCUT2D eigenvalue weighted by molar-refractivity contribution is -0.0494. The van der Waals surface area contributed by atoms with E-state index in [1.54, 1.807) is 44.2 Å². The van der Waals surface area contributed by atoms with Crippen molar-refractivity contribution in [2.75, 3.05) is 12.4 Å². The van der Waals surface area contributed by atoms with Gasteiger partial charge in [-0.25, -0.2) is 0 Å². The van der Waals surface area contributed by atoms with E-state index < -0.39 is 6.61 Å². The van der Waals surface area contributed by atoms with Crippen LogP contribution in [0.5, 0.6) is 11.5 Å². The second kappa shape index (κ2) is 8.34. The third-order valence-corrected chi connectivity index (χ3v) is 4.64. The molecule has 1 N–H and O–H groups in total. The van der Waals surface area contributed by atoms with Crippen LogP contribution in [0.25, 0.3) is 11.1 Å². The lowest BCUT2D eigenvalue weighted by Gasteiger charge is -2.14. The fourth-order valence-corrected chi connectivity index (χ4v) is 3.12. The summed E-state index contributed by atoms with van der Waals surface area (Å²) in [6, 6.07) is 11.4. The summed E-state index contributed by atoms with van der Waals surface area (Å²) in [4.78, 5) is 12.7. The number of alkyl halides is 2. The summed E-state index contributed by atoms with van der Waals surface area (Å²) in [5, 5.41) is 2.80. The molecule has 0 saturated heterocycles. The quantitative estimate of drug-likeness (QED) is 0.573. The SMILES string of the molecule is COc1ccc(-c2cc(NC(=O)c3c(C)oc(C)c3C)ccc2OC(F)F)cc1. The maximum absolute atomic E-state index is 12.8. The number of furan rings is 1. The van der Waals surface area contributed by atoms with Gasteiger partial charge in [0.2, 0.25) is 0 Å². The van der Waals surface area contributed by atoms with Gasteiger partial charge in [-0.05, 0) is 56.7 Å². The van der Waals surface area contributed by atoms with Crippen molar-refractivity contribution in [1.29, 1.82) is 0 Å². The fourth-order valence-electron chi connectivity index (χ4n) is 3.12. The maximum Gasteiger partial charge on any atom is 0.387 e. The number of carbonyl (C=O) groups is 1. The number of hydrogen-bond acceptors (Lipinski definition) is 4. The number of nitrogens with one attached hydrogen (secondary N) is 1. The second-order valence-corrected chi connectivity index (χ2v) is 6.49. The number of carbonyl (C=O) groups excluding carboxylic acids is 1. The summed E-state index contributed by atoms with van der Waals surface area (Å²) < 4.78 is 41.0. The van der Waals surface area contributed by atoms with Gasteiger partial charge in [0.05, 0.1) is 12.7 Å². The molecule has 0 spiro atoms. The average Bonchev–Trinajstić information content (AvgIpc) is 2.94. The van der Waals surface area contributed by atoms with Gasteiger partial charge in [-0.3, -0.25) is 4.79 Å². The Labute approximate surface area is 167 Å². The second-order valence-electron chi connectivity index (χ2n) is 6.49. The molecule has 7 heteroatoms. The molecule has 5 nitrogen and oxygen atoms in total. The van der Waals surface area contributed by atoms with Crippen molar-refractivity contribution in [3.63, 3.8) is 0 Å². The van der Waals surface area contributed by atoms with Crippen molar-refractivity contribution < 1.29 is 27.5 Å². The molecule has 29 heavy (non-hydrogen) atoms. The number of halogens is 2. The zero-order valence-electron chi connectivity index (χ0n) is 16.5. The van der Waals surface area contributed by atoms with Gasteiger partial charge in [0, 0.05) is 16.8 Å². The van der Waals surface area contributed by atoms with Gasteiger partial charge in [-0.15, -0.1) is 0 Å². The predicted molar refractivity (Wildman–Crippen MR) is 106 cm³/mol. The molecular formula is C22H21F2NO4. The maximum atomic E-state index is 12.8. The molecule has 0 radical (unpaired) electrons. The van der Waals surface area contributed by atoms with Crippen molar-refractivity contribution in [3.8, 4) is 22.6 Å². The molecular weight excluding hydrogens is 380 g/mol. The average molecular weight is 401 g/mol. The van der Waals surface area contributed by atoms with Gasteiger partial charge in [0.1, 0.15) is 23.0 Å². The minimum absolute atomic E-state index is 0.00897. The van der Waals surface area contributed by atoms with Crippen molar-refractivity contribution in [3.05, 3.63) is 65.1 Å². The molecule has 1 aromatic heterocycles. The Bertz CT molecular complexity index is 1030. The number of hydrogen-bond donors (Lipinski definition) is 1. The predicted octanol–water partition coefficient (Wildman–Crippen LogP) is 5.73. The van der Waals surface area contributed by atoms with Gasteiger partial charge < -0.3 is 19.2 Å². The molecule has 0 saturated carbocycles. The largest absolute Gasteiger partial charge is 0.497 e. The number of anilines is 1. The molecule has 1 amide bonds. The molecule has 3 aromatic rings. The Morgan fingerprint density at radius 2 is 1.72 bits per heavy atom. The standard InChI is InChI=1S/C22H21F2NO4/c1-12-13(2)28-14(3)20(12)21(26)25-16-7-10-19(29-22(23)24)18(11-16)15-5-8-17(27-4)9-6-15/h5-11,22H,1-4H3,(H,25,26). The first-order chi connectivity index (χ1) is 13.8. The molecule has 0 unspecified atom stereocenters. The summed E-state index contributed by atoms with van der Waals surface area (Å²) in [7, 11) is 1.54. The van der Waals surface area contributed by atoms with Crippen LogP contribution in [-0.2, 0) is 0 Å². The molecule has 0 aliphatic rings. The highest BCUT2D eigenvalue weighted by Crippen LogP contribution is 2.35. The number of aryl methyl sites for hydroxylation is 2. The van der Waals surface area contributed by atoms with Gasteiger partial charge in [0.25, 0.3) is 5.91 Å². The van der Waals surface area contributed by atoms with Gasteiger partial charge in [-0.2, -0.15) is 8.78 Å². The third-order valence-electron chi connectivity index (χ3n) is 4.64. The number of rotatable bonds is 6. The Kier molecular flexibility index (Phi) is 5.87. The molecule has 2 aromatic carbocycles. The van der Waals surface area contributed by atoms with E-state index in [2.05, 4.69) is 10.1 Å². The van der Waals surface area contributed by atoms with Crippen LogP contribution in [0.3, 0.4) is 0 Å². The van der Waals surface area contributed by atoms with Crippen LogP contribution in [0, 0.1) is 20.8 Å². The van der Waals surface area contributed by atoms with Crippen LogP contribution in [0.4, 0.5) is 14.5 Å². The summed E-state index contributed by atoms with van der Waals surface area (Å²) in [5.74, 6) is 1.50. The smallest absolute Gasteiger partial charge is 0.387 e. The van der Waals surface area contributed by atoms with Gasteiger partial charge in [0.15, 0.2) is 0 Å². The lowest BCUT2D eigenvalue weighted by atomic mass is 10.0. The monoisotopic (exact) mass is 401 g/mol. The highest BCUT2D eigenvalue weighted by Gasteiger charge is 2.19. The number of benzene rings is 2. The summed E-state index contributed by atoms with van der Waals surface area (Å²) in [5.41, 5.74) is 2.72. The van der Waals surface area contributed by atoms with Crippen molar-refractivity contribution in [2.45, 2.75) is 27.4 Å². The van der Waals surface area contributed by atoms with E-state index in [1.165, 1.54) is 19.2 Å². The molecule has 152 valence electrons. The van der Waals surface area contributed by atoms with Gasteiger partial charge in [-0.1, -0.05) is 12.1 Å². The van der Waals surface area contributed by atoms with Crippen LogP contribution in [0.1, 0.15) is 27.4 Å². The van der Waals surface area contributed by atoms with Crippen molar-refractivity contribution in [2.24, 2.45) is 0 Å². The Balaban J connectivity index is 1.96. The summed E-state index contributed by atoms with van der Waals surface area (Å²) in [6.07, 6.45) is 0. The lowest BCUT2D eigenvalue weighted by Crippen LogP contribution is -2.14. The highest BCUT2D eigenvalue weighted by atomic mass is 19.3.